The van der Waals surface area contributed by atoms with Crippen LogP contribution in [0.15, 0.2) is 30.5 Å². The number of rotatable bonds is 3. The number of benzene rings is 1. The topological polar surface area (TPSA) is 27.1 Å². The molecular formula is C12H14N2OS. The van der Waals surface area contributed by atoms with Crippen molar-refractivity contribution in [1.82, 2.24) is 9.78 Å². The van der Waals surface area contributed by atoms with Crippen LogP contribution in [0.3, 0.4) is 0 Å². The molecular weight excluding hydrogens is 220 g/mol. The summed E-state index contributed by atoms with van der Waals surface area (Å²) >= 11 is 4.31. The average molecular weight is 234 g/mol. The maximum atomic E-state index is 5.20. The van der Waals surface area contributed by atoms with Gasteiger partial charge in [-0.3, -0.25) is 4.68 Å². The van der Waals surface area contributed by atoms with E-state index in [9.17, 15) is 0 Å². The Morgan fingerprint density at radius 3 is 2.94 bits per heavy atom. The largest absolute Gasteiger partial charge is 0.497 e. The number of hydrogen-bond acceptors (Lipinski definition) is 3. The van der Waals surface area contributed by atoms with Gasteiger partial charge in [-0.1, -0.05) is 12.1 Å². The second-order valence-electron chi connectivity index (χ2n) is 3.57. The van der Waals surface area contributed by atoms with Crippen LogP contribution in [-0.2, 0) is 12.8 Å². The lowest BCUT2D eigenvalue weighted by atomic mass is 10.1. The molecule has 0 saturated carbocycles. The molecule has 0 spiro atoms. The lowest BCUT2D eigenvalue weighted by molar-refractivity contribution is 0.415. The summed E-state index contributed by atoms with van der Waals surface area (Å²) in [6.45, 7) is 0. The summed E-state index contributed by atoms with van der Waals surface area (Å²) in [6.07, 6.45) is 1.99. The third-order valence-corrected chi connectivity index (χ3v) is 2.76. The van der Waals surface area contributed by atoms with Gasteiger partial charge >= 0.3 is 0 Å². The van der Waals surface area contributed by atoms with Crippen molar-refractivity contribution in [2.24, 2.45) is 7.05 Å². The third kappa shape index (κ3) is 2.07. The highest BCUT2D eigenvalue weighted by molar-refractivity contribution is 7.79. The first-order valence-electron chi connectivity index (χ1n) is 5.02. The Morgan fingerprint density at radius 1 is 1.44 bits per heavy atom. The van der Waals surface area contributed by atoms with Gasteiger partial charge in [0, 0.05) is 30.1 Å². The van der Waals surface area contributed by atoms with Crippen LogP contribution in [0.5, 0.6) is 5.75 Å². The van der Waals surface area contributed by atoms with Crippen molar-refractivity contribution in [3.63, 3.8) is 0 Å². The normalized spacial score (nSPS) is 10.4. The quantitative estimate of drug-likeness (QED) is 0.826. The van der Waals surface area contributed by atoms with Gasteiger partial charge in [-0.05, 0) is 12.1 Å². The van der Waals surface area contributed by atoms with Gasteiger partial charge in [0.25, 0.3) is 0 Å². The molecule has 2 aromatic rings. The van der Waals surface area contributed by atoms with Crippen LogP contribution in [-0.4, -0.2) is 16.9 Å². The van der Waals surface area contributed by atoms with E-state index >= 15 is 0 Å². The first kappa shape index (κ1) is 11.1. The maximum absolute atomic E-state index is 5.20. The van der Waals surface area contributed by atoms with Gasteiger partial charge in [0.15, 0.2) is 0 Å². The van der Waals surface area contributed by atoms with Crippen LogP contribution in [0, 0.1) is 0 Å². The number of aryl methyl sites for hydroxylation is 1. The molecule has 4 heteroatoms. The molecule has 16 heavy (non-hydrogen) atoms. The van der Waals surface area contributed by atoms with Crippen LogP contribution in [0.4, 0.5) is 0 Å². The van der Waals surface area contributed by atoms with E-state index in [4.69, 9.17) is 4.74 Å². The van der Waals surface area contributed by atoms with Gasteiger partial charge in [-0.15, -0.1) is 0 Å². The van der Waals surface area contributed by atoms with Crippen LogP contribution >= 0.6 is 12.6 Å². The first-order valence-corrected chi connectivity index (χ1v) is 5.65. The zero-order valence-corrected chi connectivity index (χ0v) is 10.2. The highest BCUT2D eigenvalue weighted by Gasteiger charge is 2.09. The number of ether oxygens (including phenoxy) is 1. The highest BCUT2D eigenvalue weighted by atomic mass is 32.1. The fourth-order valence-corrected chi connectivity index (χ4v) is 1.90. The molecule has 3 nitrogen and oxygen atoms in total. The second kappa shape index (κ2) is 4.61. The predicted octanol–water partition coefficient (Wildman–Crippen LogP) is 2.53. The van der Waals surface area contributed by atoms with E-state index in [0.29, 0.717) is 5.75 Å². The highest BCUT2D eigenvalue weighted by Crippen LogP contribution is 2.26. The van der Waals surface area contributed by atoms with Crippen LogP contribution in [0.25, 0.3) is 11.3 Å². The van der Waals surface area contributed by atoms with Gasteiger partial charge in [0.2, 0.25) is 0 Å². The predicted molar refractivity (Wildman–Crippen MR) is 67.9 cm³/mol. The Kier molecular flexibility index (Phi) is 3.19. The lowest BCUT2D eigenvalue weighted by Crippen LogP contribution is -1.89. The molecule has 0 aliphatic heterocycles. The Bertz CT molecular complexity index is 494. The fraction of sp³-hybridized carbons (Fsp3) is 0.250. The molecule has 1 aromatic carbocycles. The number of thiol groups is 1. The fourth-order valence-electron chi connectivity index (χ4n) is 1.67. The molecule has 0 aliphatic rings. The van der Waals surface area contributed by atoms with Gasteiger partial charge in [-0.25, -0.2) is 0 Å². The standard InChI is InChI=1S/C12H14N2OS/c1-14-7-10(8-16)12(13-14)9-4-3-5-11(6-9)15-2/h3-7,16H,8H2,1-2H3. The minimum atomic E-state index is 0.681. The van der Waals surface area contributed by atoms with E-state index in [1.54, 1.807) is 11.8 Å². The van der Waals surface area contributed by atoms with Crippen molar-refractivity contribution in [3.05, 3.63) is 36.0 Å². The second-order valence-corrected chi connectivity index (χ2v) is 3.88. The molecule has 0 radical (unpaired) electrons. The van der Waals surface area contributed by atoms with Crippen molar-refractivity contribution in [2.45, 2.75) is 5.75 Å². The van der Waals surface area contributed by atoms with E-state index in [2.05, 4.69) is 17.7 Å². The summed E-state index contributed by atoms with van der Waals surface area (Å²) < 4.78 is 7.01. The molecule has 0 fully saturated rings. The zero-order valence-electron chi connectivity index (χ0n) is 9.34. The van der Waals surface area contributed by atoms with E-state index in [1.165, 1.54) is 0 Å². The Labute approximate surface area is 100 Å². The number of hydrogen-bond donors (Lipinski definition) is 1. The van der Waals surface area contributed by atoms with Gasteiger partial charge in [0.1, 0.15) is 5.75 Å². The monoisotopic (exact) mass is 234 g/mol. The van der Waals surface area contributed by atoms with Crippen LogP contribution in [0.2, 0.25) is 0 Å². The molecule has 0 amide bonds. The van der Waals surface area contributed by atoms with Crippen LogP contribution < -0.4 is 4.74 Å². The smallest absolute Gasteiger partial charge is 0.119 e. The number of aromatic nitrogens is 2. The molecule has 2 rings (SSSR count). The number of methoxy groups -OCH3 is 1. The molecule has 0 saturated heterocycles. The van der Waals surface area contributed by atoms with Gasteiger partial charge < -0.3 is 4.74 Å². The first-order chi connectivity index (χ1) is 7.74. The Morgan fingerprint density at radius 2 is 2.25 bits per heavy atom. The molecule has 1 aromatic heterocycles. The molecule has 0 bridgehead atoms. The number of nitrogens with zero attached hydrogens (tertiary/aromatic N) is 2. The van der Waals surface area contributed by atoms with Gasteiger partial charge in [0.05, 0.1) is 12.8 Å². The van der Waals surface area contributed by atoms with Gasteiger partial charge in [-0.2, -0.15) is 17.7 Å². The zero-order chi connectivity index (χ0) is 11.5. The van der Waals surface area contributed by atoms with Crippen molar-refractivity contribution >= 4 is 12.6 Å². The third-order valence-electron chi connectivity index (χ3n) is 2.42. The summed E-state index contributed by atoms with van der Waals surface area (Å²) in [5.74, 6) is 1.52. The molecule has 0 N–H and O–H groups in total. The molecule has 0 aliphatic carbocycles. The van der Waals surface area contributed by atoms with E-state index in [0.717, 1.165) is 22.6 Å². The lowest BCUT2D eigenvalue weighted by Gasteiger charge is -2.03. The summed E-state index contributed by atoms with van der Waals surface area (Å²) in [5, 5.41) is 4.44. The molecule has 0 atom stereocenters. The molecule has 84 valence electrons. The van der Waals surface area contributed by atoms with E-state index in [1.807, 2.05) is 37.5 Å². The summed E-state index contributed by atoms with van der Waals surface area (Å²) in [5.41, 5.74) is 3.15. The minimum absolute atomic E-state index is 0.681. The Hall–Kier alpha value is -1.42. The summed E-state index contributed by atoms with van der Waals surface area (Å²) in [4.78, 5) is 0. The average Bonchev–Trinajstić information content (AvgIpc) is 2.70. The minimum Gasteiger partial charge on any atom is -0.497 e. The van der Waals surface area contributed by atoms with Crippen molar-refractivity contribution in [1.29, 1.82) is 0 Å². The van der Waals surface area contributed by atoms with Crippen molar-refractivity contribution in [3.8, 4) is 17.0 Å². The van der Waals surface area contributed by atoms with E-state index < -0.39 is 0 Å². The Balaban J connectivity index is 2.48. The molecule has 0 unspecified atom stereocenters. The summed E-state index contributed by atoms with van der Waals surface area (Å²) in [6, 6.07) is 7.89. The van der Waals surface area contributed by atoms with Crippen molar-refractivity contribution in [2.75, 3.05) is 7.11 Å². The van der Waals surface area contributed by atoms with Crippen LogP contribution in [0.1, 0.15) is 5.56 Å². The SMILES string of the molecule is COc1cccc(-c2nn(C)cc2CS)c1. The maximum Gasteiger partial charge on any atom is 0.119 e. The molecule has 1 heterocycles. The van der Waals surface area contributed by atoms with E-state index in [-0.39, 0.29) is 0 Å². The van der Waals surface area contributed by atoms with Crippen molar-refractivity contribution < 1.29 is 4.74 Å². The summed E-state index contributed by atoms with van der Waals surface area (Å²) in [7, 11) is 3.58.